The van der Waals surface area contributed by atoms with Crippen molar-refractivity contribution in [3.05, 3.63) is 29.8 Å². The van der Waals surface area contributed by atoms with E-state index in [1.54, 1.807) is 12.1 Å². The quantitative estimate of drug-likeness (QED) is 0.385. The third-order valence-electron chi connectivity index (χ3n) is 4.89. The number of hydrogen-bond acceptors (Lipinski definition) is 5. The molecule has 0 aliphatic rings. The molecule has 1 rings (SSSR count). The van der Waals surface area contributed by atoms with Gasteiger partial charge in [0.2, 0.25) is 5.91 Å². The Labute approximate surface area is 171 Å². The van der Waals surface area contributed by atoms with Crippen LogP contribution in [0.15, 0.2) is 24.3 Å². The molecule has 1 aromatic carbocycles. The van der Waals surface area contributed by atoms with Gasteiger partial charge in [-0.3, -0.25) is 9.59 Å². The molecule has 6 N–H and O–H groups in total. The highest BCUT2D eigenvalue weighted by Crippen LogP contribution is 2.12. The molecule has 2 amide bonds. The Kier molecular flexibility index (Phi) is 9.61. The van der Waals surface area contributed by atoms with Crippen molar-refractivity contribution in [3.8, 4) is 5.75 Å². The number of rotatable bonds is 11. The predicted octanol–water partition coefficient (Wildman–Crippen LogP) is -0.643. The molecule has 0 bridgehead atoms. The number of amides is 2. The van der Waals surface area contributed by atoms with Crippen LogP contribution in [-0.2, 0) is 20.8 Å². The van der Waals surface area contributed by atoms with Crippen molar-refractivity contribution in [1.82, 2.24) is 10.6 Å². The Hall–Kier alpha value is -2.61. The van der Waals surface area contributed by atoms with Crippen LogP contribution in [0.25, 0.3) is 0 Å². The molecule has 8 nitrogen and oxygen atoms in total. The number of carbonyl (C=O) groups excluding carboxylic acids is 3. The summed E-state index contributed by atoms with van der Waals surface area (Å²) < 4.78 is 0. The van der Waals surface area contributed by atoms with Gasteiger partial charge < -0.3 is 31.4 Å². The number of carbonyl (C=O) groups is 3. The van der Waals surface area contributed by atoms with Gasteiger partial charge in [0.25, 0.3) is 5.91 Å². The lowest BCUT2D eigenvalue weighted by atomic mass is 9.96. The van der Waals surface area contributed by atoms with Crippen molar-refractivity contribution in [2.45, 2.75) is 65.1 Å². The molecule has 4 atom stereocenters. The fourth-order valence-corrected chi connectivity index (χ4v) is 2.93. The van der Waals surface area contributed by atoms with Crippen molar-refractivity contribution in [2.24, 2.45) is 11.8 Å². The highest BCUT2D eigenvalue weighted by atomic mass is 16.4. The van der Waals surface area contributed by atoms with Crippen LogP contribution in [0.2, 0.25) is 0 Å². The Bertz CT molecular complexity index is 690. The first kappa shape index (κ1) is 24.4. The lowest BCUT2D eigenvalue weighted by Crippen LogP contribution is -2.70. The first-order valence-corrected chi connectivity index (χ1v) is 9.97. The van der Waals surface area contributed by atoms with Gasteiger partial charge in [-0.2, -0.15) is 0 Å². The zero-order chi connectivity index (χ0) is 22.1. The van der Waals surface area contributed by atoms with Crippen LogP contribution in [0, 0.1) is 11.8 Å². The fraction of sp³-hybridized carbons (Fsp3) is 0.571. The number of aliphatic carboxylic acids is 1. The van der Waals surface area contributed by atoms with Gasteiger partial charge >= 0.3 is 0 Å². The van der Waals surface area contributed by atoms with Crippen LogP contribution in [-0.4, -0.2) is 41.0 Å². The number of phenols is 1. The molecular formula is C21H33N3O5. The van der Waals surface area contributed by atoms with E-state index >= 15 is 0 Å². The molecule has 162 valence electrons. The minimum atomic E-state index is -1.34. The minimum Gasteiger partial charge on any atom is -0.548 e. The van der Waals surface area contributed by atoms with Crippen LogP contribution in [0.3, 0.4) is 0 Å². The zero-order valence-corrected chi connectivity index (χ0v) is 17.6. The first-order valence-electron chi connectivity index (χ1n) is 9.97. The van der Waals surface area contributed by atoms with Gasteiger partial charge in [-0.1, -0.05) is 46.2 Å². The van der Waals surface area contributed by atoms with E-state index in [0.717, 1.165) is 5.56 Å². The standard InChI is InChI=1S/C21H33N3O5/c1-5-13(4)18(20(27)23-17(21(28)29)10-12(2)3)24-19(26)16(22)11-14-6-8-15(25)9-7-14/h6-9,12-13,16-18,25H,5,10-11,22H2,1-4H3,(H,23,27)(H,24,26)(H,28,29)/t13-,16-,17-,18-/m0/s1. The highest BCUT2D eigenvalue weighted by molar-refractivity contribution is 5.91. The van der Waals surface area contributed by atoms with Gasteiger partial charge in [0.1, 0.15) is 11.8 Å². The second kappa shape index (κ2) is 11.4. The summed E-state index contributed by atoms with van der Waals surface area (Å²) in [6.07, 6.45) is 1.21. The van der Waals surface area contributed by atoms with E-state index in [2.05, 4.69) is 16.4 Å². The molecule has 0 aliphatic heterocycles. The minimum absolute atomic E-state index is 0.0596. The molecule has 0 unspecified atom stereocenters. The molecule has 0 aromatic heterocycles. The average molecular weight is 408 g/mol. The summed E-state index contributed by atoms with van der Waals surface area (Å²) in [4.78, 5) is 36.7. The average Bonchev–Trinajstić information content (AvgIpc) is 2.65. The van der Waals surface area contributed by atoms with Crippen molar-refractivity contribution >= 4 is 17.8 Å². The Morgan fingerprint density at radius 2 is 1.66 bits per heavy atom. The van der Waals surface area contributed by atoms with Gasteiger partial charge in [-0.25, -0.2) is 0 Å². The first-order chi connectivity index (χ1) is 13.5. The van der Waals surface area contributed by atoms with Crippen molar-refractivity contribution in [3.63, 3.8) is 0 Å². The largest absolute Gasteiger partial charge is 0.548 e. The molecule has 0 aliphatic carbocycles. The monoisotopic (exact) mass is 407 g/mol. The van der Waals surface area contributed by atoms with Crippen LogP contribution < -0.4 is 21.5 Å². The molecule has 0 heterocycles. The van der Waals surface area contributed by atoms with Gasteiger partial charge in [0.05, 0.1) is 12.0 Å². The van der Waals surface area contributed by atoms with Gasteiger partial charge in [-0.15, -0.1) is 0 Å². The summed E-state index contributed by atoms with van der Waals surface area (Å²) >= 11 is 0. The maximum absolute atomic E-state index is 12.7. The Morgan fingerprint density at radius 3 is 2.14 bits per heavy atom. The van der Waals surface area contributed by atoms with E-state index in [-0.39, 0.29) is 24.0 Å². The molecule has 1 aromatic rings. The van der Waals surface area contributed by atoms with E-state index in [1.165, 1.54) is 12.1 Å². The summed E-state index contributed by atoms with van der Waals surface area (Å²) in [7, 11) is 0. The summed E-state index contributed by atoms with van der Waals surface area (Å²) in [6.45, 7) is 7.41. The van der Waals surface area contributed by atoms with E-state index < -0.39 is 35.9 Å². The molecule has 0 spiro atoms. The second-order valence-corrected chi connectivity index (χ2v) is 7.95. The molecule has 0 radical (unpaired) electrons. The maximum Gasteiger partial charge on any atom is 0.279 e. The number of carboxylic acid groups (broad SMARTS) is 1. The van der Waals surface area contributed by atoms with Crippen LogP contribution in [0.1, 0.15) is 46.1 Å². The van der Waals surface area contributed by atoms with Crippen molar-refractivity contribution < 1.29 is 30.3 Å². The molecule has 0 saturated heterocycles. The maximum atomic E-state index is 12.7. The Morgan fingerprint density at radius 1 is 1.07 bits per heavy atom. The highest BCUT2D eigenvalue weighted by Gasteiger charge is 2.30. The topological polar surface area (TPSA) is 146 Å². The number of nitrogens with one attached hydrogen (secondary N) is 2. The second-order valence-electron chi connectivity index (χ2n) is 7.95. The molecular weight excluding hydrogens is 374 g/mol. The number of benzene rings is 1. The van der Waals surface area contributed by atoms with Gasteiger partial charge in [0, 0.05) is 6.42 Å². The molecule has 8 heteroatoms. The SMILES string of the molecule is CC[C@H](C)[C@H](NC(=O)[C@@H]([NH3+])Cc1ccc(O)cc1)C(=O)N[C@@H](CC(C)C)C(=O)[O-]. The van der Waals surface area contributed by atoms with Crippen LogP contribution >= 0.6 is 0 Å². The zero-order valence-electron chi connectivity index (χ0n) is 17.6. The lowest BCUT2D eigenvalue weighted by molar-refractivity contribution is -0.403. The third-order valence-corrected chi connectivity index (χ3v) is 4.89. The van der Waals surface area contributed by atoms with Crippen molar-refractivity contribution in [2.75, 3.05) is 0 Å². The fourth-order valence-electron chi connectivity index (χ4n) is 2.93. The van der Waals surface area contributed by atoms with E-state index in [9.17, 15) is 24.6 Å². The van der Waals surface area contributed by atoms with E-state index in [4.69, 9.17) is 0 Å². The number of hydrogen-bond donors (Lipinski definition) is 4. The van der Waals surface area contributed by atoms with Crippen LogP contribution in [0.5, 0.6) is 5.75 Å². The number of carboxylic acids is 1. The molecule has 0 saturated carbocycles. The smallest absolute Gasteiger partial charge is 0.279 e. The predicted molar refractivity (Wildman–Crippen MR) is 106 cm³/mol. The van der Waals surface area contributed by atoms with Crippen molar-refractivity contribution in [1.29, 1.82) is 0 Å². The third kappa shape index (κ3) is 8.11. The Balaban J connectivity index is 2.83. The van der Waals surface area contributed by atoms with E-state index in [1.807, 2.05) is 27.7 Å². The van der Waals surface area contributed by atoms with Gasteiger partial charge in [-0.05, 0) is 36.0 Å². The molecule has 29 heavy (non-hydrogen) atoms. The van der Waals surface area contributed by atoms with Gasteiger partial charge in [0.15, 0.2) is 6.04 Å². The summed E-state index contributed by atoms with van der Waals surface area (Å²) in [5.74, 6) is -2.28. The molecule has 0 fully saturated rings. The number of quaternary nitrogens is 1. The normalized spacial score (nSPS) is 15.2. The summed E-state index contributed by atoms with van der Waals surface area (Å²) in [6, 6.07) is 3.84. The number of phenolic OH excluding ortho intramolecular Hbond substituents is 1. The summed E-state index contributed by atoms with van der Waals surface area (Å²) in [5, 5.41) is 25.9. The van der Waals surface area contributed by atoms with E-state index in [0.29, 0.717) is 12.8 Å². The van der Waals surface area contributed by atoms with Crippen LogP contribution in [0.4, 0.5) is 0 Å². The lowest BCUT2D eigenvalue weighted by Gasteiger charge is -2.28. The number of aromatic hydroxyl groups is 1. The summed E-state index contributed by atoms with van der Waals surface area (Å²) in [5.41, 5.74) is 4.70.